The van der Waals surface area contributed by atoms with Gasteiger partial charge in [0.05, 0.1) is 44.3 Å². The third-order valence-corrected chi connectivity index (χ3v) is 28.0. The van der Waals surface area contributed by atoms with Crippen LogP contribution in [0.15, 0.2) is 514 Å². The van der Waals surface area contributed by atoms with Gasteiger partial charge < -0.3 is 14.0 Å². The van der Waals surface area contributed by atoms with Gasteiger partial charge in [-0.1, -0.05) is 441 Å². The van der Waals surface area contributed by atoms with Crippen LogP contribution in [0.4, 0.5) is 17.1 Å². The second-order valence-electron chi connectivity index (χ2n) is 34.5. The molecule has 24 aromatic rings. The van der Waals surface area contributed by atoms with Crippen molar-refractivity contribution in [2.45, 2.75) is 17.3 Å². The molecule has 0 N–H and O–H groups in total. The van der Waals surface area contributed by atoms with Crippen molar-refractivity contribution >= 4 is 120 Å². The average Bonchev–Trinajstić information content (AvgIpc) is 1.54. The van der Waals surface area contributed by atoms with Crippen LogP contribution in [0.5, 0.6) is 0 Å². The molecular weight excluding hydrogens is 1650 g/mol. The van der Waals surface area contributed by atoms with Crippen molar-refractivity contribution in [3.8, 4) is 55.9 Å². The van der Waals surface area contributed by atoms with Crippen molar-refractivity contribution in [1.29, 1.82) is 0 Å². The molecule has 0 fully saturated rings. The zero-order valence-corrected chi connectivity index (χ0v) is 73.5. The Labute approximate surface area is 770 Å². The molecule has 4 heteroatoms. The molecule has 0 atom stereocenters. The Hall–Kier alpha value is -16.2. The highest BCUT2D eigenvalue weighted by molar-refractivity contribution is 9.10. The summed E-state index contributed by atoms with van der Waals surface area (Å²) in [5.74, 6) is 0. The highest BCUT2D eigenvalue weighted by atomic mass is 79.9. The molecule has 26 rings (SSSR count). The monoisotopic (exact) mass is 1730 g/mol. The van der Waals surface area contributed by atoms with E-state index in [0.29, 0.717) is 0 Å². The molecule has 0 amide bonds. The van der Waals surface area contributed by atoms with Gasteiger partial charge in [-0.05, 0) is 224 Å². The fraction of sp³-hybridized carbons (Fsp3) is 0.0236. The summed E-state index contributed by atoms with van der Waals surface area (Å²) in [5.41, 5.74) is 32.6. The first-order chi connectivity index (χ1) is 64.9. The summed E-state index contributed by atoms with van der Waals surface area (Å²) in [6.07, 6.45) is 0.975. The lowest BCUT2D eigenvalue weighted by Crippen LogP contribution is -2.28. The third-order valence-electron chi connectivity index (χ3n) is 27.5. The van der Waals surface area contributed by atoms with Gasteiger partial charge >= 0.3 is 0 Å². The Morgan fingerprint density at radius 2 is 0.527 bits per heavy atom. The smallest absolute Gasteiger partial charge is 0.0713 e. The standard InChI is InChI=1S/C63H42N2.C43H28BrN.C21H16/c1-3-23-47(24-4-1)63(48-25-5-2-6-26-48)57-32-13-11-30-53(57)56-42-50(37-39-58(56)63)65-61-33-14-12-31-54(61)55-38-36-46(41-62(55)65)45-22-15-27-49(40-45)64(59-34-16-20-43-18-7-9-28-51(43)59)60-35-17-21-44-19-8-10-29-52(44)60;44-33-17-11-12-29(26-33)30-22-24-37-36-19-8-10-21-41(36)45(42(37)27-30)34-23-25-40-38(28-34)35-18-7-9-20-39(35)43(40,31-13-3-1-4-14-31)32-15-5-2-6-16-32;1-3-13-20-16(7-1)9-5-11-18(20)15-19-12-6-10-17-8-2-4-14-21(17)19/h1-42H;1-28H;1-14H,15H2. The lowest BCUT2D eigenvalue weighted by atomic mass is 9.68. The third kappa shape index (κ3) is 13.2. The summed E-state index contributed by atoms with van der Waals surface area (Å²) in [4.78, 5) is 2.44. The van der Waals surface area contributed by atoms with E-state index < -0.39 is 10.8 Å². The van der Waals surface area contributed by atoms with Gasteiger partial charge in [-0.15, -0.1) is 0 Å². The van der Waals surface area contributed by atoms with Gasteiger partial charge in [0.25, 0.3) is 0 Å². The van der Waals surface area contributed by atoms with Crippen molar-refractivity contribution in [2.24, 2.45) is 0 Å². The molecule has 0 radical (unpaired) electrons. The molecule has 616 valence electrons. The van der Waals surface area contributed by atoms with E-state index in [1.54, 1.807) is 0 Å². The second-order valence-corrected chi connectivity index (χ2v) is 35.4. The van der Waals surface area contributed by atoms with Gasteiger partial charge in [0, 0.05) is 53.9 Å². The first kappa shape index (κ1) is 78.3. The van der Waals surface area contributed by atoms with Gasteiger partial charge in [0.15, 0.2) is 0 Å². The molecule has 2 aliphatic carbocycles. The number of hydrogen-bond donors (Lipinski definition) is 0. The number of anilines is 3. The van der Waals surface area contributed by atoms with Crippen LogP contribution in [-0.4, -0.2) is 9.13 Å². The summed E-state index contributed by atoms with van der Waals surface area (Å²) >= 11 is 3.67. The first-order valence-electron chi connectivity index (χ1n) is 45.2. The molecule has 0 spiro atoms. The molecule has 0 unspecified atom stereocenters. The van der Waals surface area contributed by atoms with Crippen LogP contribution in [0.25, 0.3) is 143 Å². The zero-order valence-electron chi connectivity index (χ0n) is 71.9. The minimum atomic E-state index is -0.446. The Bertz CT molecular complexity index is 8280. The maximum Gasteiger partial charge on any atom is 0.0713 e. The number of aromatic nitrogens is 2. The van der Waals surface area contributed by atoms with Gasteiger partial charge in [-0.25, -0.2) is 0 Å². The zero-order chi connectivity index (χ0) is 86.9. The summed E-state index contributed by atoms with van der Waals surface area (Å²) in [7, 11) is 0. The number of hydrogen-bond acceptors (Lipinski definition) is 1. The lowest BCUT2D eigenvalue weighted by Gasteiger charge is -2.33. The SMILES string of the molecule is Brc1cccc(-c2ccc3c4ccccc4n(-c4ccc5c(c4)-c4ccccc4C5(c4ccccc4)c4ccccc4)c3c2)c1.c1ccc(C2(c3ccccc3)c3ccccc3-c3cc(-n4c5ccccc5c5ccc(-c6cccc(N(c7cccc8ccccc78)c7cccc8ccccc78)c6)cc54)ccc32)cc1.c1ccc2c(Cc3cccc4ccccc34)cccc2c1. The molecule has 0 saturated carbocycles. The maximum atomic E-state index is 3.67. The van der Waals surface area contributed by atoms with E-state index in [0.717, 1.165) is 50.5 Å². The Morgan fingerprint density at radius 1 is 0.206 bits per heavy atom. The summed E-state index contributed by atoms with van der Waals surface area (Å²) in [5, 5.41) is 15.2. The van der Waals surface area contributed by atoms with Crippen LogP contribution in [0.2, 0.25) is 0 Å². The molecule has 0 saturated heterocycles. The molecule has 0 bridgehead atoms. The number of nitrogens with zero attached hydrogens (tertiary/aromatic N) is 3. The van der Waals surface area contributed by atoms with E-state index >= 15 is 0 Å². The molecule has 2 aromatic heterocycles. The molecule has 2 heterocycles. The maximum absolute atomic E-state index is 3.67. The number of para-hydroxylation sites is 2. The molecular formula is C127H86BrN3. The minimum absolute atomic E-state index is 0.401. The quantitative estimate of drug-likeness (QED) is 0.112. The van der Waals surface area contributed by atoms with Gasteiger partial charge in [-0.3, -0.25) is 0 Å². The summed E-state index contributed by atoms with van der Waals surface area (Å²) < 4.78 is 6.00. The van der Waals surface area contributed by atoms with Crippen LogP contribution in [0, 0.1) is 0 Å². The van der Waals surface area contributed by atoms with Crippen molar-refractivity contribution in [3.05, 3.63) is 570 Å². The largest absolute Gasteiger partial charge is 0.309 e. The highest BCUT2D eigenvalue weighted by Crippen LogP contribution is 2.59. The van der Waals surface area contributed by atoms with E-state index in [9.17, 15) is 0 Å². The fourth-order valence-corrected chi connectivity index (χ4v) is 22.2. The minimum Gasteiger partial charge on any atom is -0.309 e. The molecule has 3 nitrogen and oxygen atoms in total. The van der Waals surface area contributed by atoms with Crippen molar-refractivity contribution in [1.82, 2.24) is 9.13 Å². The van der Waals surface area contributed by atoms with Crippen LogP contribution in [0.1, 0.15) is 55.6 Å². The molecule has 2 aliphatic rings. The molecule has 0 aliphatic heterocycles. The van der Waals surface area contributed by atoms with Crippen molar-refractivity contribution in [2.75, 3.05) is 4.90 Å². The normalized spacial score (nSPS) is 12.6. The van der Waals surface area contributed by atoms with E-state index in [-0.39, 0.29) is 0 Å². The number of halogens is 1. The van der Waals surface area contributed by atoms with E-state index in [2.05, 4.69) is 540 Å². The van der Waals surface area contributed by atoms with Gasteiger partial charge in [-0.2, -0.15) is 0 Å². The fourth-order valence-electron chi connectivity index (χ4n) is 21.8. The van der Waals surface area contributed by atoms with E-state index in [1.807, 2.05) is 0 Å². The number of benzene rings is 22. The second kappa shape index (κ2) is 32.9. The van der Waals surface area contributed by atoms with Gasteiger partial charge in [0.2, 0.25) is 0 Å². The summed E-state index contributed by atoms with van der Waals surface area (Å²) in [6.45, 7) is 0. The van der Waals surface area contributed by atoms with E-state index in [4.69, 9.17) is 0 Å². The first-order valence-corrected chi connectivity index (χ1v) is 46.0. The van der Waals surface area contributed by atoms with Crippen LogP contribution in [0.3, 0.4) is 0 Å². The molecule has 131 heavy (non-hydrogen) atoms. The predicted octanol–water partition coefficient (Wildman–Crippen LogP) is 33.8. The van der Waals surface area contributed by atoms with Gasteiger partial charge in [0.1, 0.15) is 0 Å². The van der Waals surface area contributed by atoms with E-state index in [1.165, 1.54) is 176 Å². The molecule has 22 aromatic carbocycles. The highest BCUT2D eigenvalue weighted by Gasteiger charge is 2.48. The summed E-state index contributed by atoms with van der Waals surface area (Å²) in [6, 6.07) is 187. The Morgan fingerprint density at radius 3 is 0.962 bits per heavy atom. The topological polar surface area (TPSA) is 13.1 Å². The van der Waals surface area contributed by atoms with Crippen molar-refractivity contribution in [3.63, 3.8) is 0 Å². The van der Waals surface area contributed by atoms with Crippen molar-refractivity contribution < 1.29 is 0 Å². The van der Waals surface area contributed by atoms with Crippen LogP contribution in [-0.2, 0) is 17.3 Å². The lowest BCUT2D eigenvalue weighted by molar-refractivity contribution is 0.768. The van der Waals surface area contributed by atoms with Crippen LogP contribution >= 0.6 is 15.9 Å². The number of rotatable bonds is 13. The number of fused-ring (bicyclic) bond motifs is 16. The predicted molar refractivity (Wildman–Crippen MR) is 555 cm³/mol. The van der Waals surface area contributed by atoms with Crippen LogP contribution < -0.4 is 4.90 Å². The Kier molecular flexibility index (Phi) is 19.6. The average molecular weight is 1730 g/mol. The Balaban J connectivity index is 0.000000123.